The molecule has 0 aromatic carbocycles. The van der Waals surface area contributed by atoms with E-state index in [1.54, 1.807) is 22.6 Å². The van der Waals surface area contributed by atoms with Crippen LogP contribution >= 0.6 is 22.6 Å². The topological polar surface area (TPSA) is 113 Å². The van der Waals surface area contributed by atoms with Gasteiger partial charge in [0.2, 0.25) is 5.69 Å². The number of carboxylic acid groups (broad SMARTS) is 2. The fourth-order valence-corrected chi connectivity index (χ4v) is 1.10. The Kier molecular flexibility index (Phi) is 2.70. The van der Waals surface area contributed by atoms with Gasteiger partial charge >= 0.3 is 11.9 Å². The molecule has 0 aliphatic rings. The van der Waals surface area contributed by atoms with Crippen LogP contribution in [-0.2, 0) is 0 Å². The van der Waals surface area contributed by atoms with Crippen molar-refractivity contribution >= 4 is 34.5 Å². The molecular formula is C5H2IN3O4. The standard InChI is InChI=1S/C5H2IN3O4/c6-2-1(4(10)11)8-9-3(7-2)5(12)13/h(H,10,11)(H,12,13). The molecule has 1 rings (SSSR count). The lowest BCUT2D eigenvalue weighted by molar-refractivity contribution is 0.0661. The van der Waals surface area contributed by atoms with Crippen molar-refractivity contribution in [2.75, 3.05) is 0 Å². The molecule has 0 fully saturated rings. The molecule has 0 atom stereocenters. The van der Waals surface area contributed by atoms with Gasteiger partial charge in [-0.05, 0) is 22.6 Å². The van der Waals surface area contributed by atoms with Gasteiger partial charge in [0.05, 0.1) is 0 Å². The highest BCUT2D eigenvalue weighted by molar-refractivity contribution is 14.1. The summed E-state index contributed by atoms with van der Waals surface area (Å²) in [6, 6.07) is 0. The summed E-state index contributed by atoms with van der Waals surface area (Å²) in [6.45, 7) is 0. The van der Waals surface area contributed by atoms with Gasteiger partial charge in [0.25, 0.3) is 5.82 Å². The Balaban J connectivity index is 3.20. The molecule has 0 saturated heterocycles. The van der Waals surface area contributed by atoms with Crippen molar-refractivity contribution in [1.29, 1.82) is 0 Å². The van der Waals surface area contributed by atoms with Gasteiger partial charge in [-0.25, -0.2) is 14.6 Å². The Morgan fingerprint density at radius 1 is 1.15 bits per heavy atom. The first kappa shape index (κ1) is 9.77. The fourth-order valence-electron chi connectivity index (χ4n) is 0.529. The summed E-state index contributed by atoms with van der Waals surface area (Å²) >= 11 is 1.58. The van der Waals surface area contributed by atoms with E-state index in [0.29, 0.717) is 0 Å². The van der Waals surface area contributed by atoms with Crippen molar-refractivity contribution in [1.82, 2.24) is 15.2 Å². The van der Waals surface area contributed by atoms with E-state index in [0.717, 1.165) is 0 Å². The normalized spacial score (nSPS) is 9.62. The van der Waals surface area contributed by atoms with E-state index in [4.69, 9.17) is 10.2 Å². The van der Waals surface area contributed by atoms with Gasteiger partial charge in [-0.15, -0.1) is 10.2 Å². The van der Waals surface area contributed by atoms with Gasteiger partial charge in [0.1, 0.15) is 3.70 Å². The molecule has 8 heteroatoms. The quantitative estimate of drug-likeness (QED) is 0.731. The number of rotatable bonds is 2. The molecule has 68 valence electrons. The van der Waals surface area contributed by atoms with Crippen LogP contribution in [0.3, 0.4) is 0 Å². The minimum atomic E-state index is -1.35. The minimum Gasteiger partial charge on any atom is -0.476 e. The first-order chi connectivity index (χ1) is 6.02. The summed E-state index contributed by atoms with van der Waals surface area (Å²) < 4.78 is -0.00231. The summed E-state index contributed by atoms with van der Waals surface area (Å²) in [7, 11) is 0. The molecule has 0 saturated carbocycles. The Labute approximate surface area is 85.0 Å². The van der Waals surface area contributed by atoms with Gasteiger partial charge in [-0.2, -0.15) is 0 Å². The van der Waals surface area contributed by atoms with Crippen LogP contribution in [0, 0.1) is 3.70 Å². The Hall–Kier alpha value is -1.32. The first-order valence-corrected chi connectivity index (χ1v) is 3.97. The molecule has 1 heterocycles. The van der Waals surface area contributed by atoms with Crippen LogP contribution < -0.4 is 0 Å². The molecule has 1 aromatic heterocycles. The average molecular weight is 295 g/mol. The molecule has 2 N–H and O–H groups in total. The fraction of sp³-hybridized carbons (Fsp3) is 0. The molecule has 1 aromatic rings. The van der Waals surface area contributed by atoms with E-state index in [1.165, 1.54) is 0 Å². The van der Waals surface area contributed by atoms with Crippen molar-refractivity contribution in [2.45, 2.75) is 0 Å². The van der Waals surface area contributed by atoms with Crippen molar-refractivity contribution in [2.24, 2.45) is 0 Å². The van der Waals surface area contributed by atoms with Gasteiger partial charge in [0.15, 0.2) is 0 Å². The average Bonchev–Trinajstić information content (AvgIpc) is 2.03. The molecule has 13 heavy (non-hydrogen) atoms. The lowest BCUT2D eigenvalue weighted by atomic mass is 10.5. The number of hydrogen-bond acceptors (Lipinski definition) is 5. The first-order valence-electron chi connectivity index (χ1n) is 2.89. The van der Waals surface area contributed by atoms with E-state index in [2.05, 4.69) is 15.2 Å². The maximum Gasteiger partial charge on any atom is 0.375 e. The molecule has 0 unspecified atom stereocenters. The Bertz CT molecular complexity index is 380. The maximum absolute atomic E-state index is 10.4. The number of halogens is 1. The van der Waals surface area contributed by atoms with E-state index < -0.39 is 17.8 Å². The number of aromatic carboxylic acids is 2. The Morgan fingerprint density at radius 3 is 2.15 bits per heavy atom. The third kappa shape index (κ3) is 2.08. The summed E-state index contributed by atoms with van der Waals surface area (Å²) in [5.74, 6) is -3.15. The monoisotopic (exact) mass is 295 g/mol. The zero-order valence-electron chi connectivity index (χ0n) is 5.93. The zero-order valence-corrected chi connectivity index (χ0v) is 8.09. The van der Waals surface area contributed by atoms with E-state index >= 15 is 0 Å². The number of carboxylic acids is 2. The van der Waals surface area contributed by atoms with E-state index in [1.807, 2.05) is 0 Å². The van der Waals surface area contributed by atoms with Crippen molar-refractivity contribution in [3.05, 3.63) is 15.2 Å². The van der Waals surface area contributed by atoms with Crippen LogP contribution in [0.1, 0.15) is 21.1 Å². The lowest BCUT2D eigenvalue weighted by Gasteiger charge is -1.96. The van der Waals surface area contributed by atoms with Crippen LogP contribution in [0.5, 0.6) is 0 Å². The van der Waals surface area contributed by atoms with Gasteiger partial charge in [0, 0.05) is 0 Å². The molecule has 0 radical (unpaired) electrons. The third-order valence-corrected chi connectivity index (χ3v) is 1.79. The molecule has 0 bridgehead atoms. The highest BCUT2D eigenvalue weighted by Crippen LogP contribution is 2.05. The molecule has 0 aliphatic heterocycles. The smallest absolute Gasteiger partial charge is 0.375 e. The van der Waals surface area contributed by atoms with Crippen molar-refractivity contribution < 1.29 is 19.8 Å². The van der Waals surface area contributed by atoms with E-state index in [-0.39, 0.29) is 9.39 Å². The molecule has 0 aliphatic carbocycles. The largest absolute Gasteiger partial charge is 0.476 e. The van der Waals surface area contributed by atoms with Crippen molar-refractivity contribution in [3.63, 3.8) is 0 Å². The molecule has 7 nitrogen and oxygen atoms in total. The second-order valence-corrected chi connectivity index (χ2v) is 2.91. The number of aromatic nitrogens is 3. The highest BCUT2D eigenvalue weighted by atomic mass is 127. The van der Waals surface area contributed by atoms with Crippen LogP contribution in [0.25, 0.3) is 0 Å². The SMILES string of the molecule is O=C(O)c1nnc(C(=O)O)c(I)n1. The number of hydrogen-bond donors (Lipinski definition) is 2. The minimum absolute atomic E-state index is 0.00231. The van der Waals surface area contributed by atoms with Gasteiger partial charge in [-0.3, -0.25) is 0 Å². The predicted octanol–water partition coefficient (Wildman–Crippen LogP) is -0.127. The van der Waals surface area contributed by atoms with Crippen molar-refractivity contribution in [3.8, 4) is 0 Å². The van der Waals surface area contributed by atoms with Gasteiger partial charge < -0.3 is 10.2 Å². The summed E-state index contributed by atoms with van der Waals surface area (Å²) in [6.07, 6.45) is 0. The summed E-state index contributed by atoms with van der Waals surface area (Å²) in [4.78, 5) is 24.2. The molecule has 0 amide bonds. The third-order valence-electron chi connectivity index (χ3n) is 1.04. The lowest BCUT2D eigenvalue weighted by Crippen LogP contribution is -2.13. The van der Waals surface area contributed by atoms with Crippen LogP contribution in [0.2, 0.25) is 0 Å². The van der Waals surface area contributed by atoms with Crippen LogP contribution in [-0.4, -0.2) is 37.3 Å². The second-order valence-electron chi connectivity index (χ2n) is 1.89. The second kappa shape index (κ2) is 3.60. The van der Waals surface area contributed by atoms with Crippen LogP contribution in [0.4, 0.5) is 0 Å². The zero-order chi connectivity index (χ0) is 10.0. The number of nitrogens with zero attached hydrogens (tertiary/aromatic N) is 3. The molecular weight excluding hydrogens is 293 g/mol. The highest BCUT2D eigenvalue weighted by Gasteiger charge is 2.16. The van der Waals surface area contributed by atoms with E-state index in [9.17, 15) is 9.59 Å². The predicted molar refractivity (Wildman–Crippen MR) is 46.5 cm³/mol. The number of carbonyl (C=O) groups is 2. The van der Waals surface area contributed by atoms with Crippen LogP contribution in [0.15, 0.2) is 0 Å². The maximum atomic E-state index is 10.4. The molecule has 0 spiro atoms. The summed E-state index contributed by atoms with van der Waals surface area (Å²) in [5, 5.41) is 23.2. The van der Waals surface area contributed by atoms with Gasteiger partial charge in [-0.1, -0.05) is 0 Å². The summed E-state index contributed by atoms with van der Waals surface area (Å²) in [5.41, 5.74) is -0.356. The Morgan fingerprint density at radius 2 is 1.77 bits per heavy atom.